The van der Waals surface area contributed by atoms with Crippen molar-refractivity contribution in [3.05, 3.63) is 60.6 Å². The molecular weight excluding hydrogens is 573 g/mol. The summed E-state index contributed by atoms with van der Waals surface area (Å²) >= 11 is 0. The maximum absolute atomic E-state index is 14.1. The van der Waals surface area contributed by atoms with Crippen LogP contribution in [0.2, 0.25) is 0 Å². The third kappa shape index (κ3) is 6.91. The van der Waals surface area contributed by atoms with Crippen LogP contribution in [0.3, 0.4) is 0 Å². The molecule has 0 aliphatic carbocycles. The molecule has 2 aliphatic heterocycles. The van der Waals surface area contributed by atoms with Gasteiger partial charge in [-0.25, -0.2) is 9.07 Å². The molecule has 0 bridgehead atoms. The van der Waals surface area contributed by atoms with Crippen molar-refractivity contribution in [1.82, 2.24) is 24.5 Å². The second-order valence-electron chi connectivity index (χ2n) is 12.1. The molecule has 4 aromatic rings. The highest BCUT2D eigenvalue weighted by Crippen LogP contribution is 2.33. The number of hydrogen-bond donors (Lipinski definition) is 1. The van der Waals surface area contributed by atoms with Crippen LogP contribution in [0.1, 0.15) is 68.7 Å². The Morgan fingerprint density at radius 1 is 1.09 bits per heavy atom. The van der Waals surface area contributed by atoms with E-state index in [4.69, 9.17) is 9.84 Å². The number of hydrogen-bond acceptors (Lipinski definition) is 6. The predicted molar refractivity (Wildman–Crippen MR) is 161 cm³/mol. The molecule has 1 unspecified atom stereocenters. The monoisotopic (exact) mass is 610 g/mol. The summed E-state index contributed by atoms with van der Waals surface area (Å²) in [7, 11) is 0. The molecule has 0 spiro atoms. The Morgan fingerprint density at radius 3 is 2.55 bits per heavy atom. The molecule has 1 N–H and O–H groups in total. The maximum Gasteiger partial charge on any atom is 0.387 e. The molecule has 12 heteroatoms. The van der Waals surface area contributed by atoms with Crippen LogP contribution in [0.25, 0.3) is 22.0 Å². The first-order chi connectivity index (χ1) is 21.1. The van der Waals surface area contributed by atoms with Crippen molar-refractivity contribution in [2.45, 2.75) is 70.5 Å². The van der Waals surface area contributed by atoms with E-state index in [2.05, 4.69) is 20.1 Å². The number of fused-ring (bicyclic) bond motifs is 1. The average molecular weight is 611 g/mol. The Hall–Kier alpha value is -3.90. The number of carbonyl (C=O) groups excluding carboxylic acids is 1. The van der Waals surface area contributed by atoms with Crippen LogP contribution < -0.4 is 10.1 Å². The summed E-state index contributed by atoms with van der Waals surface area (Å²) in [5.74, 6) is -0.426. The fourth-order valence-corrected chi connectivity index (χ4v) is 6.09. The third-order valence-electron chi connectivity index (χ3n) is 8.15. The minimum Gasteiger partial charge on any atom is -0.435 e. The molecule has 2 aliphatic rings. The quantitative estimate of drug-likeness (QED) is 0.223. The standard InChI is InChI=1S/C32H37F3N6O3/c1-32(2,35)20-39-14-12-24(13-15-39)40-19-22(18-36-40)21-6-11-27-26(17-21)29(38-41(27)28-5-3-4-16-43-28)30(42)37-23-7-9-25(10-8-23)44-31(33)34/h6-11,17-19,24,28,31H,3-5,12-16,20H2,1-2H3,(H,37,42). The van der Waals surface area contributed by atoms with Gasteiger partial charge in [-0.15, -0.1) is 0 Å². The molecular formula is C32H37F3N6O3. The summed E-state index contributed by atoms with van der Waals surface area (Å²) in [6.07, 6.45) is 8.14. The molecule has 2 aromatic heterocycles. The van der Waals surface area contributed by atoms with Gasteiger partial charge in [0, 0.05) is 49.1 Å². The van der Waals surface area contributed by atoms with E-state index >= 15 is 0 Å². The van der Waals surface area contributed by atoms with Gasteiger partial charge in [-0.3, -0.25) is 9.48 Å². The first-order valence-electron chi connectivity index (χ1n) is 15.1. The molecule has 0 radical (unpaired) electrons. The number of halogens is 3. The van der Waals surface area contributed by atoms with Gasteiger partial charge in [0.05, 0.1) is 17.8 Å². The number of rotatable bonds is 9. The number of carbonyl (C=O) groups is 1. The predicted octanol–water partition coefficient (Wildman–Crippen LogP) is 6.84. The molecule has 9 nitrogen and oxygen atoms in total. The van der Waals surface area contributed by atoms with Gasteiger partial charge in [-0.1, -0.05) is 6.07 Å². The molecule has 2 fully saturated rings. The molecule has 6 rings (SSSR count). The molecule has 234 valence electrons. The Bertz CT molecular complexity index is 1580. The van der Waals surface area contributed by atoms with Crippen LogP contribution in [-0.4, -0.2) is 68.9 Å². The van der Waals surface area contributed by atoms with E-state index in [0.717, 1.165) is 61.8 Å². The lowest BCUT2D eigenvalue weighted by molar-refractivity contribution is -0.0498. The minimum absolute atomic E-state index is 0.00150. The van der Waals surface area contributed by atoms with E-state index in [9.17, 15) is 18.0 Å². The summed E-state index contributed by atoms with van der Waals surface area (Å²) in [6, 6.07) is 11.9. The number of benzene rings is 2. The Labute approximate surface area is 253 Å². The van der Waals surface area contributed by atoms with Crippen LogP contribution in [-0.2, 0) is 4.74 Å². The number of nitrogens with one attached hydrogen (secondary N) is 1. The largest absolute Gasteiger partial charge is 0.435 e. The average Bonchev–Trinajstić information content (AvgIpc) is 3.64. The van der Waals surface area contributed by atoms with Crippen LogP contribution in [0, 0.1) is 0 Å². The third-order valence-corrected chi connectivity index (χ3v) is 8.15. The van der Waals surface area contributed by atoms with E-state index in [-0.39, 0.29) is 23.7 Å². The summed E-state index contributed by atoms with van der Waals surface area (Å²) < 4.78 is 53.4. The number of anilines is 1. The van der Waals surface area contributed by atoms with E-state index in [1.807, 2.05) is 35.3 Å². The highest BCUT2D eigenvalue weighted by molar-refractivity contribution is 6.11. The summed E-state index contributed by atoms with van der Waals surface area (Å²) in [5.41, 5.74) is 2.04. The van der Waals surface area contributed by atoms with Gasteiger partial charge >= 0.3 is 6.61 Å². The normalized spacial score (nSPS) is 18.6. The first kappa shape index (κ1) is 30.1. The SMILES string of the molecule is CC(C)(F)CN1CCC(n2cc(-c3ccc4c(c3)c(C(=O)Nc3ccc(OC(F)F)cc3)nn4C3CCCCO3)cn2)CC1. The summed E-state index contributed by atoms with van der Waals surface area (Å²) in [4.78, 5) is 15.7. The van der Waals surface area contributed by atoms with Gasteiger partial charge in [0.1, 0.15) is 11.4 Å². The molecule has 44 heavy (non-hydrogen) atoms. The fraction of sp³-hybridized carbons (Fsp3) is 0.469. The van der Waals surface area contributed by atoms with E-state index in [1.54, 1.807) is 18.5 Å². The molecule has 4 heterocycles. The van der Waals surface area contributed by atoms with Gasteiger partial charge in [-0.05, 0) is 87.9 Å². The zero-order valence-electron chi connectivity index (χ0n) is 24.9. The Kier molecular flexibility index (Phi) is 8.64. The summed E-state index contributed by atoms with van der Waals surface area (Å²) in [5, 5.41) is 12.9. The fourth-order valence-electron chi connectivity index (χ4n) is 6.09. The van der Waals surface area contributed by atoms with Crippen LogP contribution in [0.15, 0.2) is 54.9 Å². The smallest absolute Gasteiger partial charge is 0.387 e. The van der Waals surface area contributed by atoms with Crippen LogP contribution in [0.4, 0.5) is 18.9 Å². The van der Waals surface area contributed by atoms with Crippen LogP contribution in [0.5, 0.6) is 5.75 Å². The second-order valence-corrected chi connectivity index (χ2v) is 12.1. The lowest BCUT2D eigenvalue weighted by atomic mass is 10.0. The zero-order chi connectivity index (χ0) is 30.8. The van der Waals surface area contributed by atoms with E-state index < -0.39 is 18.2 Å². The van der Waals surface area contributed by atoms with E-state index in [1.165, 1.54) is 24.3 Å². The highest BCUT2D eigenvalue weighted by Gasteiger charge is 2.27. The van der Waals surface area contributed by atoms with Gasteiger partial charge in [0.15, 0.2) is 11.9 Å². The summed E-state index contributed by atoms with van der Waals surface area (Å²) in [6.45, 7) is 3.00. The molecule has 1 atom stereocenters. The van der Waals surface area contributed by atoms with Crippen molar-refractivity contribution in [2.24, 2.45) is 0 Å². The van der Waals surface area contributed by atoms with Crippen LogP contribution >= 0.6 is 0 Å². The lowest BCUT2D eigenvalue weighted by Gasteiger charge is -2.34. The molecule has 0 saturated carbocycles. The van der Waals surface area contributed by atoms with Gasteiger partial charge in [0.25, 0.3) is 5.91 Å². The molecule has 2 saturated heterocycles. The van der Waals surface area contributed by atoms with Gasteiger partial charge in [0.2, 0.25) is 0 Å². The molecule has 2 aromatic carbocycles. The van der Waals surface area contributed by atoms with E-state index in [0.29, 0.717) is 24.2 Å². The highest BCUT2D eigenvalue weighted by atomic mass is 19.3. The van der Waals surface area contributed by atoms with Crippen molar-refractivity contribution in [3.63, 3.8) is 0 Å². The van der Waals surface area contributed by atoms with Crippen molar-refractivity contribution in [3.8, 4) is 16.9 Å². The van der Waals surface area contributed by atoms with Gasteiger partial charge < -0.3 is 19.7 Å². The first-order valence-corrected chi connectivity index (χ1v) is 15.1. The topological polar surface area (TPSA) is 86.4 Å². The zero-order valence-corrected chi connectivity index (χ0v) is 24.9. The Balaban J connectivity index is 1.25. The number of likely N-dealkylation sites (tertiary alicyclic amines) is 1. The number of piperidine rings is 1. The van der Waals surface area contributed by atoms with Crippen molar-refractivity contribution in [2.75, 3.05) is 31.6 Å². The number of alkyl halides is 3. The Morgan fingerprint density at radius 2 is 1.86 bits per heavy atom. The number of ether oxygens (including phenoxy) is 2. The lowest BCUT2D eigenvalue weighted by Crippen LogP contribution is -2.41. The number of amides is 1. The number of aromatic nitrogens is 4. The maximum atomic E-state index is 14.1. The van der Waals surface area contributed by atoms with Crippen molar-refractivity contribution < 1.29 is 27.4 Å². The second kappa shape index (κ2) is 12.6. The van der Waals surface area contributed by atoms with Crippen molar-refractivity contribution in [1.29, 1.82) is 0 Å². The van der Waals surface area contributed by atoms with Crippen molar-refractivity contribution >= 4 is 22.5 Å². The molecule has 1 amide bonds. The minimum atomic E-state index is -2.93. The number of nitrogens with zero attached hydrogens (tertiary/aromatic N) is 5. The van der Waals surface area contributed by atoms with Gasteiger partial charge in [-0.2, -0.15) is 19.0 Å².